The molecular weight excluding hydrogens is 225 g/mol. The third-order valence-corrected chi connectivity index (χ3v) is 2.97. The van der Waals surface area contributed by atoms with Crippen LogP contribution in [0, 0.1) is 17.1 Å². The number of nitrogen functional groups attached to an aromatic ring is 1. The molecule has 0 spiro atoms. The van der Waals surface area contributed by atoms with Crippen LogP contribution in [0.15, 0.2) is 24.4 Å². The van der Waals surface area contributed by atoms with E-state index in [9.17, 15) is 4.39 Å². The van der Waals surface area contributed by atoms with Gasteiger partial charge in [-0.15, -0.1) is 11.3 Å². The second kappa shape index (κ2) is 4.29. The summed E-state index contributed by atoms with van der Waals surface area (Å²) in [6, 6.07) is 6.48. The first-order valence-corrected chi connectivity index (χ1v) is 5.40. The van der Waals surface area contributed by atoms with Crippen LogP contribution in [0.3, 0.4) is 0 Å². The van der Waals surface area contributed by atoms with Gasteiger partial charge in [-0.2, -0.15) is 5.26 Å². The molecule has 2 aromatic rings. The van der Waals surface area contributed by atoms with Crippen molar-refractivity contribution >= 4 is 16.5 Å². The number of hydrogen-bond donors (Lipinski definition) is 1. The van der Waals surface area contributed by atoms with E-state index in [0.717, 1.165) is 4.88 Å². The van der Waals surface area contributed by atoms with Crippen LogP contribution in [0.5, 0.6) is 0 Å². The molecule has 3 nitrogen and oxygen atoms in total. The fraction of sp³-hybridized carbons (Fsp3) is 0.0909. The summed E-state index contributed by atoms with van der Waals surface area (Å²) in [5, 5.41) is 9.33. The summed E-state index contributed by atoms with van der Waals surface area (Å²) in [4.78, 5) is 4.83. The van der Waals surface area contributed by atoms with Gasteiger partial charge in [0.15, 0.2) is 5.13 Å². The van der Waals surface area contributed by atoms with Gasteiger partial charge in [-0.05, 0) is 11.6 Å². The highest BCUT2D eigenvalue weighted by molar-refractivity contribution is 7.15. The van der Waals surface area contributed by atoms with Crippen molar-refractivity contribution in [2.24, 2.45) is 0 Å². The molecule has 1 aromatic heterocycles. The molecule has 5 heteroatoms. The lowest BCUT2D eigenvalue weighted by Crippen LogP contribution is -1.93. The number of anilines is 1. The van der Waals surface area contributed by atoms with Crippen molar-refractivity contribution in [2.75, 3.05) is 5.73 Å². The van der Waals surface area contributed by atoms with Crippen LogP contribution >= 0.6 is 11.3 Å². The average Bonchev–Trinajstić information content (AvgIpc) is 2.64. The fourth-order valence-electron chi connectivity index (χ4n) is 1.43. The van der Waals surface area contributed by atoms with E-state index in [1.165, 1.54) is 17.4 Å². The van der Waals surface area contributed by atoms with E-state index in [0.29, 0.717) is 17.1 Å². The molecule has 0 saturated heterocycles. The number of nitrogens with zero attached hydrogens (tertiary/aromatic N) is 2. The summed E-state index contributed by atoms with van der Waals surface area (Å²) >= 11 is 1.34. The molecule has 2 N–H and O–H groups in total. The number of aromatic nitrogens is 1. The second-order valence-corrected chi connectivity index (χ2v) is 4.37. The number of nitrogens with two attached hydrogens (primary N) is 1. The molecule has 0 radical (unpaired) electrons. The molecule has 0 atom stereocenters. The minimum absolute atomic E-state index is 0.0921. The number of halogens is 1. The highest BCUT2D eigenvalue weighted by Crippen LogP contribution is 2.21. The maximum atomic E-state index is 13.3. The quantitative estimate of drug-likeness (QED) is 0.865. The summed E-state index contributed by atoms with van der Waals surface area (Å²) in [6.45, 7) is 0. The lowest BCUT2D eigenvalue weighted by molar-refractivity contribution is 0.622. The number of rotatable bonds is 2. The van der Waals surface area contributed by atoms with Crippen LogP contribution in [-0.2, 0) is 6.42 Å². The summed E-state index contributed by atoms with van der Waals surface area (Å²) in [7, 11) is 0. The van der Waals surface area contributed by atoms with Crippen LogP contribution in [-0.4, -0.2) is 4.98 Å². The van der Waals surface area contributed by atoms with Crippen molar-refractivity contribution in [1.29, 1.82) is 5.26 Å². The van der Waals surface area contributed by atoms with E-state index in [4.69, 9.17) is 11.0 Å². The van der Waals surface area contributed by atoms with Gasteiger partial charge in [-0.3, -0.25) is 0 Å². The Labute approximate surface area is 96.0 Å². The smallest absolute Gasteiger partial charge is 0.180 e. The normalized spacial score (nSPS) is 10.0. The Kier molecular flexibility index (Phi) is 2.84. The van der Waals surface area contributed by atoms with Crippen molar-refractivity contribution in [1.82, 2.24) is 4.98 Å². The third kappa shape index (κ3) is 2.02. The SMILES string of the molecule is N#Cc1c(F)cccc1Cc1cnc(N)s1. The van der Waals surface area contributed by atoms with Crippen molar-refractivity contribution in [3.05, 3.63) is 46.2 Å². The first-order chi connectivity index (χ1) is 7.70. The van der Waals surface area contributed by atoms with E-state index in [-0.39, 0.29) is 5.56 Å². The van der Waals surface area contributed by atoms with Gasteiger partial charge < -0.3 is 5.73 Å². The van der Waals surface area contributed by atoms with Crippen molar-refractivity contribution in [3.63, 3.8) is 0 Å². The van der Waals surface area contributed by atoms with E-state index < -0.39 is 5.82 Å². The topological polar surface area (TPSA) is 62.7 Å². The zero-order valence-corrected chi connectivity index (χ0v) is 9.09. The predicted molar refractivity (Wildman–Crippen MR) is 60.4 cm³/mol. The largest absolute Gasteiger partial charge is 0.375 e. The summed E-state index contributed by atoms with van der Waals surface area (Å²) in [6.07, 6.45) is 2.13. The van der Waals surface area contributed by atoms with Gasteiger partial charge in [-0.1, -0.05) is 12.1 Å². The Bertz CT molecular complexity index is 557. The second-order valence-electron chi connectivity index (χ2n) is 3.23. The van der Waals surface area contributed by atoms with Gasteiger partial charge in [0.25, 0.3) is 0 Å². The van der Waals surface area contributed by atoms with Crippen molar-refractivity contribution in [3.8, 4) is 6.07 Å². The Balaban J connectivity index is 2.35. The molecule has 0 aliphatic heterocycles. The number of benzene rings is 1. The molecule has 0 aliphatic carbocycles. The monoisotopic (exact) mass is 233 g/mol. The van der Waals surface area contributed by atoms with Crippen LogP contribution < -0.4 is 5.73 Å². The minimum atomic E-state index is -0.488. The van der Waals surface area contributed by atoms with Gasteiger partial charge in [0.1, 0.15) is 11.9 Å². The molecule has 80 valence electrons. The molecule has 0 aliphatic rings. The van der Waals surface area contributed by atoms with Crippen LogP contribution in [0.4, 0.5) is 9.52 Å². The van der Waals surface area contributed by atoms with E-state index >= 15 is 0 Å². The number of hydrogen-bond acceptors (Lipinski definition) is 4. The van der Waals surface area contributed by atoms with Gasteiger partial charge in [0, 0.05) is 17.5 Å². The minimum Gasteiger partial charge on any atom is -0.375 e. The molecular formula is C11H8FN3S. The Morgan fingerprint density at radius 3 is 2.94 bits per heavy atom. The third-order valence-electron chi connectivity index (χ3n) is 2.15. The Morgan fingerprint density at radius 2 is 2.31 bits per heavy atom. The summed E-state index contributed by atoms with van der Waals surface area (Å²) < 4.78 is 13.3. The lowest BCUT2D eigenvalue weighted by atomic mass is 10.0. The molecule has 0 fully saturated rings. The zero-order chi connectivity index (χ0) is 11.5. The fourth-order valence-corrected chi connectivity index (χ4v) is 2.14. The van der Waals surface area contributed by atoms with Crippen LogP contribution in [0.2, 0.25) is 0 Å². The Hall–Kier alpha value is -1.93. The molecule has 2 rings (SSSR count). The van der Waals surface area contributed by atoms with E-state index in [2.05, 4.69) is 4.98 Å². The number of nitriles is 1. The predicted octanol–water partition coefficient (Wildman–Crippen LogP) is 2.33. The Morgan fingerprint density at radius 1 is 1.50 bits per heavy atom. The average molecular weight is 233 g/mol. The highest BCUT2D eigenvalue weighted by atomic mass is 32.1. The summed E-state index contributed by atoms with van der Waals surface area (Å²) in [5.41, 5.74) is 6.25. The maximum absolute atomic E-state index is 13.3. The molecule has 1 heterocycles. The van der Waals surface area contributed by atoms with E-state index in [1.807, 2.05) is 6.07 Å². The van der Waals surface area contributed by atoms with E-state index in [1.54, 1.807) is 18.3 Å². The first kappa shape index (κ1) is 10.6. The number of thiazole rings is 1. The van der Waals surface area contributed by atoms with Crippen molar-refractivity contribution in [2.45, 2.75) is 6.42 Å². The van der Waals surface area contributed by atoms with Gasteiger partial charge in [0.2, 0.25) is 0 Å². The molecule has 1 aromatic carbocycles. The van der Waals surface area contributed by atoms with Gasteiger partial charge in [-0.25, -0.2) is 9.37 Å². The first-order valence-electron chi connectivity index (χ1n) is 4.58. The molecule has 0 saturated carbocycles. The van der Waals surface area contributed by atoms with Gasteiger partial charge in [0.05, 0.1) is 5.56 Å². The summed E-state index contributed by atoms with van der Waals surface area (Å²) in [5.74, 6) is -0.488. The van der Waals surface area contributed by atoms with Crippen molar-refractivity contribution < 1.29 is 4.39 Å². The van der Waals surface area contributed by atoms with Gasteiger partial charge >= 0.3 is 0 Å². The standard InChI is InChI=1S/C11H8FN3S/c12-10-3-1-2-7(9(10)5-13)4-8-6-15-11(14)16-8/h1-3,6H,4H2,(H2,14,15). The maximum Gasteiger partial charge on any atom is 0.180 e. The molecule has 0 amide bonds. The lowest BCUT2D eigenvalue weighted by Gasteiger charge is -2.02. The van der Waals surface area contributed by atoms with Crippen LogP contribution in [0.25, 0.3) is 0 Å². The molecule has 0 unspecified atom stereocenters. The molecule has 0 bridgehead atoms. The zero-order valence-electron chi connectivity index (χ0n) is 8.27. The molecule has 16 heavy (non-hydrogen) atoms. The highest BCUT2D eigenvalue weighted by Gasteiger charge is 2.09. The van der Waals surface area contributed by atoms with Crippen LogP contribution in [0.1, 0.15) is 16.0 Å².